The Balaban J connectivity index is 1.43. The second-order valence-corrected chi connectivity index (χ2v) is 9.59. The number of hydrogen-bond donors (Lipinski definition) is 1. The predicted octanol–water partition coefficient (Wildman–Crippen LogP) is 5.10. The number of anilines is 1. The Labute approximate surface area is 204 Å². The predicted molar refractivity (Wildman–Crippen MR) is 134 cm³/mol. The molecule has 5 rings (SSSR count). The van der Waals surface area contributed by atoms with E-state index < -0.39 is 5.82 Å². The molecular formula is C28H30FN3O3. The number of methoxy groups -OCH3 is 1. The Bertz CT molecular complexity index is 1230. The maximum Gasteiger partial charge on any atom is 0.254 e. The monoisotopic (exact) mass is 475 g/mol. The third kappa shape index (κ3) is 4.85. The van der Waals surface area contributed by atoms with Gasteiger partial charge in [-0.1, -0.05) is 25.2 Å². The summed E-state index contributed by atoms with van der Waals surface area (Å²) in [5, 5.41) is 3.02. The van der Waals surface area contributed by atoms with Gasteiger partial charge in [0.1, 0.15) is 5.82 Å². The van der Waals surface area contributed by atoms with E-state index in [0.717, 1.165) is 54.5 Å². The number of allylic oxidation sites excluding steroid dienone is 1. The van der Waals surface area contributed by atoms with Crippen LogP contribution < -0.4 is 10.1 Å². The van der Waals surface area contributed by atoms with Crippen molar-refractivity contribution in [1.29, 1.82) is 0 Å². The Morgan fingerprint density at radius 3 is 2.77 bits per heavy atom. The highest BCUT2D eigenvalue weighted by Crippen LogP contribution is 2.36. The van der Waals surface area contributed by atoms with Gasteiger partial charge in [-0.15, -0.1) is 0 Å². The van der Waals surface area contributed by atoms with E-state index in [1.165, 1.54) is 19.2 Å². The summed E-state index contributed by atoms with van der Waals surface area (Å²) in [6, 6.07) is 6.28. The highest BCUT2D eigenvalue weighted by molar-refractivity contribution is 5.96. The molecule has 35 heavy (non-hydrogen) atoms. The molecule has 182 valence electrons. The lowest BCUT2D eigenvalue weighted by atomic mass is 9.87. The van der Waals surface area contributed by atoms with Gasteiger partial charge in [0.2, 0.25) is 5.91 Å². The van der Waals surface area contributed by atoms with Crippen LogP contribution in [0.3, 0.4) is 0 Å². The Kier molecular flexibility index (Phi) is 6.41. The molecule has 2 heterocycles. The largest absolute Gasteiger partial charge is 0.494 e. The molecule has 2 amide bonds. The number of carbonyl (C=O) groups is 2. The van der Waals surface area contributed by atoms with Gasteiger partial charge in [-0.2, -0.15) is 0 Å². The third-order valence-electron chi connectivity index (χ3n) is 6.96. The maximum atomic E-state index is 14.2. The van der Waals surface area contributed by atoms with E-state index in [2.05, 4.69) is 30.5 Å². The van der Waals surface area contributed by atoms with E-state index >= 15 is 0 Å². The van der Waals surface area contributed by atoms with Gasteiger partial charge in [0.15, 0.2) is 11.6 Å². The van der Waals surface area contributed by atoms with Crippen molar-refractivity contribution in [3.8, 4) is 5.75 Å². The molecule has 2 aliphatic carbocycles. The number of benzene rings is 1. The van der Waals surface area contributed by atoms with Gasteiger partial charge >= 0.3 is 0 Å². The number of nitrogens with zero attached hydrogens (tertiary/aromatic N) is 2. The summed E-state index contributed by atoms with van der Waals surface area (Å²) in [5.74, 6) is 0.172. The second-order valence-electron chi connectivity index (χ2n) is 9.59. The number of aromatic nitrogens is 1. The molecule has 6 nitrogen and oxygen atoms in total. The van der Waals surface area contributed by atoms with Crippen LogP contribution >= 0.6 is 0 Å². The number of nitrogens with one attached hydrogen (secondary N) is 1. The number of pyridine rings is 1. The lowest BCUT2D eigenvalue weighted by Crippen LogP contribution is -2.38. The fourth-order valence-electron chi connectivity index (χ4n) is 4.89. The summed E-state index contributed by atoms with van der Waals surface area (Å²) in [4.78, 5) is 32.0. The summed E-state index contributed by atoms with van der Waals surface area (Å²) < 4.78 is 19.1. The summed E-state index contributed by atoms with van der Waals surface area (Å²) in [5.41, 5.74) is 4.61. The van der Waals surface area contributed by atoms with Crippen LogP contribution in [0.4, 0.5) is 10.2 Å². The van der Waals surface area contributed by atoms with Crippen LogP contribution in [0, 0.1) is 17.7 Å². The second kappa shape index (κ2) is 9.64. The number of carbonyl (C=O) groups excluding carboxylic acids is 2. The summed E-state index contributed by atoms with van der Waals surface area (Å²) in [6.45, 7) is 3.04. The fourth-order valence-corrected chi connectivity index (χ4v) is 4.89. The van der Waals surface area contributed by atoms with Crippen LogP contribution in [0.5, 0.6) is 5.75 Å². The fraction of sp³-hybridized carbons (Fsp3) is 0.393. The van der Waals surface area contributed by atoms with Crippen molar-refractivity contribution in [2.24, 2.45) is 11.8 Å². The molecule has 2 aromatic rings. The van der Waals surface area contributed by atoms with Gasteiger partial charge in [-0.05, 0) is 73.4 Å². The molecular weight excluding hydrogens is 445 g/mol. The van der Waals surface area contributed by atoms with Crippen LogP contribution in [0.25, 0.3) is 11.6 Å². The zero-order chi connectivity index (χ0) is 24.5. The molecule has 1 N–H and O–H groups in total. The van der Waals surface area contributed by atoms with E-state index in [-0.39, 0.29) is 29.4 Å². The molecule has 1 aliphatic heterocycles. The number of hydrogen-bond acceptors (Lipinski definition) is 4. The Hall–Kier alpha value is -3.48. The maximum absolute atomic E-state index is 14.2. The van der Waals surface area contributed by atoms with Crippen molar-refractivity contribution >= 4 is 29.3 Å². The lowest BCUT2D eigenvalue weighted by Gasteiger charge is -2.32. The zero-order valence-corrected chi connectivity index (χ0v) is 20.1. The van der Waals surface area contributed by atoms with Gasteiger partial charge in [-0.3, -0.25) is 9.59 Å². The number of aryl methyl sites for hydroxylation is 1. The van der Waals surface area contributed by atoms with Gasteiger partial charge in [0, 0.05) is 30.1 Å². The van der Waals surface area contributed by atoms with Crippen LogP contribution in [0.1, 0.15) is 59.8 Å². The van der Waals surface area contributed by atoms with E-state index in [1.54, 1.807) is 11.0 Å². The molecule has 3 aliphatic rings. The minimum Gasteiger partial charge on any atom is -0.494 e. The lowest BCUT2D eigenvalue weighted by molar-refractivity contribution is -0.117. The molecule has 0 saturated heterocycles. The minimum atomic E-state index is -0.549. The third-order valence-corrected chi connectivity index (χ3v) is 6.96. The summed E-state index contributed by atoms with van der Waals surface area (Å²) in [6.07, 6.45) is 11.2. The molecule has 1 aromatic heterocycles. The molecule has 1 saturated carbocycles. The summed E-state index contributed by atoms with van der Waals surface area (Å²) in [7, 11) is 1.40. The van der Waals surface area contributed by atoms with Crippen molar-refractivity contribution in [2.75, 3.05) is 25.5 Å². The van der Waals surface area contributed by atoms with Crippen molar-refractivity contribution in [3.63, 3.8) is 0 Å². The molecule has 1 fully saturated rings. The van der Waals surface area contributed by atoms with E-state index in [9.17, 15) is 14.0 Å². The molecule has 1 atom stereocenters. The van der Waals surface area contributed by atoms with Crippen LogP contribution in [0.15, 0.2) is 36.4 Å². The normalized spacial score (nSPS) is 19.5. The van der Waals surface area contributed by atoms with Crippen molar-refractivity contribution in [1.82, 2.24) is 9.88 Å². The van der Waals surface area contributed by atoms with Gasteiger partial charge in [0.25, 0.3) is 5.91 Å². The van der Waals surface area contributed by atoms with Crippen molar-refractivity contribution < 1.29 is 18.7 Å². The molecule has 1 aromatic carbocycles. The first kappa shape index (κ1) is 23.3. The van der Waals surface area contributed by atoms with Crippen LogP contribution in [0.2, 0.25) is 0 Å². The quantitative estimate of drug-likeness (QED) is 0.653. The van der Waals surface area contributed by atoms with Gasteiger partial charge in [0.05, 0.1) is 12.8 Å². The smallest absolute Gasteiger partial charge is 0.254 e. The molecule has 0 radical (unpaired) electrons. The number of rotatable bonds is 5. The van der Waals surface area contributed by atoms with Crippen molar-refractivity contribution in [2.45, 2.75) is 39.0 Å². The first-order valence-corrected chi connectivity index (χ1v) is 12.3. The highest BCUT2D eigenvalue weighted by atomic mass is 19.1. The average molecular weight is 476 g/mol. The number of amides is 2. The van der Waals surface area contributed by atoms with E-state index in [1.807, 2.05) is 6.07 Å². The first-order chi connectivity index (χ1) is 16.9. The van der Waals surface area contributed by atoms with Crippen molar-refractivity contribution in [3.05, 3.63) is 64.6 Å². The highest BCUT2D eigenvalue weighted by Gasteiger charge is 2.31. The average Bonchev–Trinajstić information content (AvgIpc) is 3.70. The SMILES string of the molecule is COc1ccc(C(=O)N2CC=C(c3cc(NC(=O)C4CC4)nc4c3C=CCCC4)C(C)C2)cc1F. The van der Waals surface area contributed by atoms with Gasteiger partial charge < -0.3 is 15.0 Å². The zero-order valence-electron chi connectivity index (χ0n) is 20.1. The van der Waals surface area contributed by atoms with Gasteiger partial charge in [-0.25, -0.2) is 9.37 Å². The number of halogens is 1. The minimum absolute atomic E-state index is 0.0433. The molecule has 7 heteroatoms. The molecule has 0 spiro atoms. The molecule has 1 unspecified atom stereocenters. The van der Waals surface area contributed by atoms with E-state index in [4.69, 9.17) is 9.72 Å². The summed E-state index contributed by atoms with van der Waals surface area (Å²) >= 11 is 0. The molecule has 0 bridgehead atoms. The first-order valence-electron chi connectivity index (χ1n) is 12.3. The van der Waals surface area contributed by atoms with Crippen LogP contribution in [-0.4, -0.2) is 41.9 Å². The topological polar surface area (TPSA) is 71.5 Å². The number of ether oxygens (including phenoxy) is 1. The Morgan fingerprint density at radius 1 is 1.23 bits per heavy atom. The number of fused-ring (bicyclic) bond motifs is 1. The Morgan fingerprint density at radius 2 is 2.06 bits per heavy atom. The van der Waals surface area contributed by atoms with E-state index in [0.29, 0.717) is 24.5 Å². The standard InChI is InChI=1S/C28H30FN3O3/c1-17-16-32(28(34)19-10-11-25(35-2)23(29)14-19)13-12-20(17)22-15-26(31-27(33)18-8-9-18)30-24-7-5-3-4-6-21(22)24/h4,6,10-12,14-15,17-18H,3,5,7-9,13,16H2,1-2H3,(H,30,31,33). The van der Waals surface area contributed by atoms with Crippen LogP contribution in [-0.2, 0) is 11.2 Å².